The molecule has 0 unspecified atom stereocenters. The first kappa shape index (κ1) is 17.9. The van der Waals surface area contributed by atoms with Crippen molar-refractivity contribution < 1.29 is 0 Å². The predicted octanol–water partition coefficient (Wildman–Crippen LogP) is 4.32. The fourth-order valence-corrected chi connectivity index (χ4v) is 16.5. The van der Waals surface area contributed by atoms with Crippen molar-refractivity contribution in [2.75, 3.05) is 8.46 Å². The predicted molar refractivity (Wildman–Crippen MR) is 113 cm³/mol. The van der Waals surface area contributed by atoms with Crippen molar-refractivity contribution in [1.82, 2.24) is 0 Å². The minimum absolute atomic E-state index is 0.841. The van der Waals surface area contributed by atoms with Gasteiger partial charge in [0.05, 0.1) is 0 Å². The van der Waals surface area contributed by atoms with E-state index in [1.54, 1.807) is 0 Å². The van der Waals surface area contributed by atoms with Crippen LogP contribution >= 0.6 is 0 Å². The van der Waals surface area contributed by atoms with E-state index in [2.05, 4.69) is 108 Å². The summed E-state index contributed by atoms with van der Waals surface area (Å²) in [6.07, 6.45) is 4.47. The third-order valence-electron chi connectivity index (χ3n) is 4.08. The number of hydrogen-bond donors (Lipinski definition) is 0. The molecule has 0 heterocycles. The molecule has 0 saturated carbocycles. The lowest BCUT2D eigenvalue weighted by molar-refractivity contribution is 1.32. The first-order valence-corrected chi connectivity index (χ1v) is 16.1. The Morgan fingerprint density at radius 2 is 1.30 bits per heavy atom. The molecule has 2 aromatic rings. The molecule has 122 valence electrons. The maximum atomic E-state index is 4.47. The van der Waals surface area contributed by atoms with Gasteiger partial charge in [-0.25, -0.2) is 0 Å². The van der Waals surface area contributed by atoms with E-state index in [9.17, 15) is 0 Å². The molecule has 23 heavy (non-hydrogen) atoms. The number of rotatable bonds is 6. The largest absolute Gasteiger partial charge is 0.411 e. The normalized spacial score (nSPS) is 11.4. The van der Waals surface area contributed by atoms with Crippen LogP contribution in [0.15, 0.2) is 60.7 Å². The van der Waals surface area contributed by atoms with E-state index in [1.807, 2.05) is 0 Å². The van der Waals surface area contributed by atoms with Gasteiger partial charge in [0.15, 0.2) is 0 Å². The smallest absolute Gasteiger partial charge is 0.245 e. The highest BCUT2D eigenvalue weighted by Crippen LogP contribution is 2.29. The molecule has 0 spiro atoms. The third kappa shape index (κ3) is 3.91. The van der Waals surface area contributed by atoms with Crippen molar-refractivity contribution in [2.45, 2.75) is 32.7 Å². The maximum absolute atomic E-state index is 4.47. The van der Waals surface area contributed by atoms with Gasteiger partial charge in [0.1, 0.15) is 17.5 Å². The van der Waals surface area contributed by atoms with E-state index in [4.69, 9.17) is 0 Å². The molecule has 0 aromatic heterocycles. The van der Waals surface area contributed by atoms with Crippen LogP contribution < -0.4 is 8.46 Å². The summed E-state index contributed by atoms with van der Waals surface area (Å²) in [5.41, 5.74) is 2.70. The Bertz CT molecular complexity index is 642. The molecule has 0 fully saturated rings. The third-order valence-corrected chi connectivity index (χ3v) is 15.5. The lowest BCUT2D eigenvalue weighted by Gasteiger charge is -2.49. The molecule has 5 heteroatoms. The van der Waals surface area contributed by atoms with Gasteiger partial charge in [0.2, 0.25) is 8.40 Å². The highest BCUT2D eigenvalue weighted by Gasteiger charge is 2.39. The number of para-hydroxylation sites is 2. The molecule has 0 radical (unpaired) electrons. The number of anilines is 2. The Hall–Kier alpha value is -1.44. The van der Waals surface area contributed by atoms with Crippen molar-refractivity contribution in [1.29, 1.82) is 0 Å². The SMILES string of the molecule is C=[Si](C)N(c1ccccc1)[Si](C)(C)N(c1ccccc1)[SiH](C)C. The monoisotopic (exact) mass is 356 g/mol. The Balaban J connectivity index is 2.52. The minimum Gasteiger partial charge on any atom is -0.411 e. The zero-order valence-electron chi connectivity index (χ0n) is 15.0. The Kier molecular flexibility index (Phi) is 5.78. The second-order valence-corrected chi connectivity index (χ2v) is 16.2. The van der Waals surface area contributed by atoms with Gasteiger partial charge in [0, 0.05) is 11.4 Å². The molecule has 0 N–H and O–H groups in total. The van der Waals surface area contributed by atoms with Crippen molar-refractivity contribution in [3.8, 4) is 0 Å². The van der Waals surface area contributed by atoms with Gasteiger partial charge in [-0.15, -0.1) is 0 Å². The first-order valence-electron chi connectivity index (χ1n) is 8.21. The molecule has 2 nitrogen and oxygen atoms in total. The highest BCUT2D eigenvalue weighted by atomic mass is 28.4. The fourth-order valence-electron chi connectivity index (χ4n) is 3.52. The van der Waals surface area contributed by atoms with Gasteiger partial charge in [0.25, 0.3) is 0 Å². The van der Waals surface area contributed by atoms with Gasteiger partial charge in [-0.1, -0.05) is 55.7 Å². The molecule has 0 atom stereocenters. The second kappa shape index (κ2) is 7.42. The van der Waals surface area contributed by atoms with Crippen LogP contribution in [0.3, 0.4) is 0 Å². The van der Waals surface area contributed by atoms with Crippen LogP contribution in [-0.2, 0) is 0 Å². The minimum atomic E-state index is -1.86. The molecule has 0 amide bonds. The summed E-state index contributed by atoms with van der Waals surface area (Å²) >= 11 is 0. The van der Waals surface area contributed by atoms with Crippen molar-refractivity contribution >= 4 is 43.5 Å². The summed E-state index contributed by atoms with van der Waals surface area (Å²) in [7, 11) is -3.72. The van der Waals surface area contributed by atoms with Crippen molar-refractivity contribution in [3.05, 3.63) is 60.7 Å². The zero-order valence-corrected chi connectivity index (χ0v) is 18.1. The van der Waals surface area contributed by atoms with Crippen molar-refractivity contribution in [3.63, 3.8) is 0 Å². The average Bonchev–Trinajstić information content (AvgIpc) is 2.48. The summed E-state index contributed by atoms with van der Waals surface area (Å²) in [5, 5.41) is 0. The Morgan fingerprint density at radius 1 is 0.870 bits per heavy atom. The highest BCUT2D eigenvalue weighted by molar-refractivity contribution is 7.02. The van der Waals surface area contributed by atoms with Crippen LogP contribution in [-0.4, -0.2) is 32.1 Å². The van der Waals surface area contributed by atoms with Gasteiger partial charge < -0.3 is 8.46 Å². The van der Waals surface area contributed by atoms with Crippen LogP contribution in [0.1, 0.15) is 0 Å². The topological polar surface area (TPSA) is 6.48 Å². The van der Waals surface area contributed by atoms with E-state index in [1.165, 1.54) is 11.4 Å². The maximum Gasteiger partial charge on any atom is 0.245 e. The average molecular weight is 357 g/mol. The first-order chi connectivity index (χ1) is 10.9. The van der Waals surface area contributed by atoms with Crippen LogP contribution in [0.5, 0.6) is 0 Å². The quantitative estimate of drug-likeness (QED) is 0.711. The Morgan fingerprint density at radius 3 is 1.70 bits per heavy atom. The van der Waals surface area contributed by atoms with E-state index in [-0.39, 0.29) is 0 Å². The van der Waals surface area contributed by atoms with Crippen LogP contribution in [0.2, 0.25) is 32.7 Å². The lowest BCUT2D eigenvalue weighted by Crippen LogP contribution is -2.67. The summed E-state index contributed by atoms with van der Waals surface area (Å²) in [4.78, 5) is 0. The summed E-state index contributed by atoms with van der Waals surface area (Å²) < 4.78 is 5.43. The van der Waals surface area contributed by atoms with Crippen LogP contribution in [0, 0.1) is 0 Å². The molecule has 0 aliphatic heterocycles. The van der Waals surface area contributed by atoms with E-state index in [0.717, 1.165) is 0 Å². The van der Waals surface area contributed by atoms with E-state index < -0.39 is 25.9 Å². The number of hydrogen-bond acceptors (Lipinski definition) is 2. The summed E-state index contributed by atoms with van der Waals surface area (Å²) in [6, 6.07) is 21.8. The van der Waals surface area contributed by atoms with Crippen molar-refractivity contribution in [2.24, 2.45) is 0 Å². The molecule has 0 saturated heterocycles. The molecular formula is C18H28N2Si3. The van der Waals surface area contributed by atoms with E-state index in [0.29, 0.717) is 0 Å². The van der Waals surface area contributed by atoms with Gasteiger partial charge in [-0.3, -0.25) is 0 Å². The van der Waals surface area contributed by atoms with Gasteiger partial charge >= 0.3 is 0 Å². The number of nitrogens with zero attached hydrogens (tertiary/aromatic N) is 2. The number of benzene rings is 2. The van der Waals surface area contributed by atoms with Crippen LogP contribution in [0.25, 0.3) is 0 Å². The molecule has 0 aliphatic carbocycles. The second-order valence-electron chi connectivity index (χ2n) is 6.70. The van der Waals surface area contributed by atoms with E-state index >= 15 is 0 Å². The Labute approximate surface area is 145 Å². The zero-order chi connectivity index (χ0) is 17.0. The van der Waals surface area contributed by atoms with Gasteiger partial charge in [-0.05, 0) is 43.9 Å². The standard InChI is InChI=1S/C18H28N2Si3/c1-21(2)19(17-13-9-7-10-14-17)23(5,6)20(22(3)4)18-15-11-8-12-16-18/h7-16,22H,1H2,2-6H3. The summed E-state index contributed by atoms with van der Waals surface area (Å²) in [6.45, 7) is 12.1. The fraction of sp³-hybridized carbons (Fsp3) is 0.278. The van der Waals surface area contributed by atoms with Crippen LogP contribution in [0.4, 0.5) is 11.4 Å². The molecule has 0 aliphatic rings. The molecule has 0 bridgehead atoms. The molecular weight excluding hydrogens is 328 g/mol. The summed E-state index contributed by atoms with van der Waals surface area (Å²) in [5.74, 6) is 0. The van der Waals surface area contributed by atoms with Gasteiger partial charge in [-0.2, -0.15) is 0 Å². The lowest BCUT2D eigenvalue weighted by atomic mass is 10.3. The molecule has 2 aromatic carbocycles. The molecule has 2 rings (SSSR count).